The van der Waals surface area contributed by atoms with Gasteiger partial charge in [-0.25, -0.2) is 9.59 Å². The fourth-order valence-corrected chi connectivity index (χ4v) is 2.85. The van der Waals surface area contributed by atoms with Gasteiger partial charge in [0.15, 0.2) is 0 Å². The second-order valence-electron chi connectivity index (χ2n) is 5.46. The fraction of sp³-hybridized carbons (Fsp3) is 0.235. The summed E-state index contributed by atoms with van der Waals surface area (Å²) in [6, 6.07) is 6.80. The van der Waals surface area contributed by atoms with Crippen LogP contribution in [0.15, 0.2) is 45.3 Å². The first-order valence-electron chi connectivity index (χ1n) is 7.81. The van der Waals surface area contributed by atoms with Crippen molar-refractivity contribution in [1.29, 1.82) is 0 Å². The van der Waals surface area contributed by atoms with E-state index in [4.69, 9.17) is 19.9 Å². The molecule has 1 aliphatic heterocycles. The van der Waals surface area contributed by atoms with Crippen LogP contribution >= 0.6 is 0 Å². The van der Waals surface area contributed by atoms with Crippen molar-refractivity contribution in [3.05, 3.63) is 67.7 Å². The molecule has 1 atom stereocenters. The molecule has 0 saturated carbocycles. The molecule has 0 fully saturated rings. The summed E-state index contributed by atoms with van der Waals surface area (Å²) in [6.07, 6.45) is 0. The lowest BCUT2D eigenvalue weighted by Crippen LogP contribution is -2.35. The number of benzene rings is 1. The third-order valence-corrected chi connectivity index (χ3v) is 3.92. The van der Waals surface area contributed by atoms with Gasteiger partial charge >= 0.3 is 11.7 Å². The molecule has 136 valence electrons. The van der Waals surface area contributed by atoms with E-state index in [1.165, 1.54) is 7.11 Å². The van der Waals surface area contributed by atoms with Gasteiger partial charge in [0, 0.05) is 0 Å². The van der Waals surface area contributed by atoms with E-state index in [9.17, 15) is 14.4 Å². The van der Waals surface area contributed by atoms with Gasteiger partial charge in [0.2, 0.25) is 11.8 Å². The van der Waals surface area contributed by atoms with Gasteiger partial charge in [0.1, 0.15) is 11.3 Å². The standard InChI is InChI=1S/C17H17N3O6/c1-3-25-16(22)11-10(8-5-4-6-9(7-8)24-2)12-14(21)19-17(23)20-15(12)26-13(11)18/h4-7,10H,3,18H2,1-2H3,(H2,19,20,21,23)/t10-/m0/s1. The second kappa shape index (κ2) is 6.79. The highest BCUT2D eigenvalue weighted by molar-refractivity contribution is 5.92. The van der Waals surface area contributed by atoms with E-state index < -0.39 is 23.1 Å². The van der Waals surface area contributed by atoms with E-state index in [0.717, 1.165) is 0 Å². The van der Waals surface area contributed by atoms with Crippen LogP contribution in [0.3, 0.4) is 0 Å². The maximum atomic E-state index is 12.5. The predicted molar refractivity (Wildman–Crippen MR) is 91.0 cm³/mol. The van der Waals surface area contributed by atoms with Crippen LogP contribution < -0.4 is 26.5 Å². The number of aromatic amines is 2. The number of H-pyrrole nitrogens is 2. The van der Waals surface area contributed by atoms with Crippen molar-refractivity contribution >= 4 is 5.97 Å². The highest BCUT2D eigenvalue weighted by Gasteiger charge is 2.38. The number of rotatable bonds is 4. The molecule has 9 nitrogen and oxygen atoms in total. The minimum atomic E-state index is -0.895. The summed E-state index contributed by atoms with van der Waals surface area (Å²) in [7, 11) is 1.50. The smallest absolute Gasteiger partial charge is 0.340 e. The molecule has 1 aromatic heterocycles. The fourth-order valence-electron chi connectivity index (χ4n) is 2.85. The molecule has 3 rings (SSSR count). The van der Waals surface area contributed by atoms with E-state index in [1.54, 1.807) is 31.2 Å². The first-order valence-corrected chi connectivity index (χ1v) is 7.81. The Hall–Kier alpha value is -3.49. The van der Waals surface area contributed by atoms with Gasteiger partial charge in [-0.05, 0) is 24.6 Å². The molecule has 0 unspecified atom stereocenters. The third-order valence-electron chi connectivity index (χ3n) is 3.92. The van der Waals surface area contributed by atoms with Crippen LogP contribution in [0.2, 0.25) is 0 Å². The SMILES string of the molecule is CCOC(=O)C1=C(N)Oc2[nH]c(=O)[nH]c(=O)c2[C@H]1c1cccc(OC)c1. The van der Waals surface area contributed by atoms with Crippen LogP contribution in [0.5, 0.6) is 11.6 Å². The molecule has 0 saturated heterocycles. The number of nitrogens with two attached hydrogens (primary N) is 1. The van der Waals surface area contributed by atoms with Crippen LogP contribution in [-0.2, 0) is 9.53 Å². The van der Waals surface area contributed by atoms with Crippen molar-refractivity contribution in [2.45, 2.75) is 12.8 Å². The summed E-state index contributed by atoms with van der Waals surface area (Å²) in [5, 5.41) is 0. The van der Waals surface area contributed by atoms with Crippen molar-refractivity contribution < 1.29 is 19.0 Å². The monoisotopic (exact) mass is 359 g/mol. The lowest BCUT2D eigenvalue weighted by atomic mass is 9.84. The number of carbonyl (C=O) groups excluding carboxylic acids is 1. The summed E-state index contributed by atoms with van der Waals surface area (Å²) in [5.41, 5.74) is 5.06. The molecule has 0 spiro atoms. The molecular formula is C17H17N3O6. The molecule has 1 aliphatic rings. The quantitative estimate of drug-likeness (QED) is 0.669. The zero-order chi connectivity index (χ0) is 18.8. The van der Waals surface area contributed by atoms with Crippen molar-refractivity contribution in [3.8, 4) is 11.6 Å². The van der Waals surface area contributed by atoms with E-state index >= 15 is 0 Å². The summed E-state index contributed by atoms with van der Waals surface area (Å²) < 4.78 is 15.6. The number of fused-ring (bicyclic) bond motifs is 1. The average molecular weight is 359 g/mol. The summed E-state index contributed by atoms with van der Waals surface area (Å²) in [5.74, 6) is -1.44. The minimum Gasteiger partial charge on any atom is -0.497 e. The lowest BCUT2D eigenvalue weighted by Gasteiger charge is -2.27. The summed E-state index contributed by atoms with van der Waals surface area (Å²) in [6.45, 7) is 1.77. The second-order valence-corrected chi connectivity index (χ2v) is 5.46. The molecule has 0 amide bonds. The Morgan fingerprint density at radius 3 is 2.77 bits per heavy atom. The average Bonchev–Trinajstić information content (AvgIpc) is 2.60. The molecule has 2 aromatic rings. The number of nitrogens with one attached hydrogen (secondary N) is 2. The third kappa shape index (κ3) is 2.94. The van der Waals surface area contributed by atoms with E-state index in [2.05, 4.69) is 9.97 Å². The van der Waals surface area contributed by atoms with Crippen molar-refractivity contribution in [2.24, 2.45) is 5.73 Å². The number of hydrogen-bond donors (Lipinski definition) is 3. The van der Waals surface area contributed by atoms with Crippen LogP contribution in [0.25, 0.3) is 0 Å². The van der Waals surface area contributed by atoms with Crippen LogP contribution in [0.1, 0.15) is 24.0 Å². The van der Waals surface area contributed by atoms with Gasteiger partial charge in [-0.15, -0.1) is 0 Å². The Balaban J connectivity index is 2.29. The number of hydrogen-bond acceptors (Lipinski definition) is 7. The van der Waals surface area contributed by atoms with E-state index in [-0.39, 0.29) is 29.5 Å². The van der Waals surface area contributed by atoms with Crippen LogP contribution in [0, 0.1) is 0 Å². The number of aromatic nitrogens is 2. The van der Waals surface area contributed by atoms with E-state index in [1.807, 2.05) is 0 Å². The Bertz CT molecular complexity index is 1000. The Kier molecular flexibility index (Phi) is 4.53. The maximum absolute atomic E-state index is 12.5. The van der Waals surface area contributed by atoms with Gasteiger partial charge in [0.05, 0.1) is 25.2 Å². The first kappa shape index (κ1) is 17.3. The van der Waals surface area contributed by atoms with Gasteiger partial charge in [-0.3, -0.25) is 14.8 Å². The number of carbonyl (C=O) groups is 1. The molecule has 1 aromatic carbocycles. The molecule has 26 heavy (non-hydrogen) atoms. The van der Waals surface area contributed by atoms with E-state index in [0.29, 0.717) is 11.3 Å². The van der Waals surface area contributed by atoms with Gasteiger partial charge < -0.3 is 19.9 Å². The molecule has 0 bridgehead atoms. The van der Waals surface area contributed by atoms with Gasteiger partial charge in [-0.2, -0.15) is 0 Å². The number of esters is 1. The van der Waals surface area contributed by atoms with Crippen LogP contribution in [0.4, 0.5) is 0 Å². The number of ether oxygens (including phenoxy) is 3. The van der Waals surface area contributed by atoms with Gasteiger partial charge in [-0.1, -0.05) is 12.1 Å². The highest BCUT2D eigenvalue weighted by Crippen LogP contribution is 2.40. The molecule has 9 heteroatoms. The predicted octanol–water partition coefficient (Wildman–Crippen LogP) is 0.330. The largest absolute Gasteiger partial charge is 0.497 e. The number of methoxy groups -OCH3 is 1. The highest BCUT2D eigenvalue weighted by atomic mass is 16.5. The van der Waals surface area contributed by atoms with Gasteiger partial charge in [0.25, 0.3) is 5.56 Å². The van der Waals surface area contributed by atoms with Crippen molar-refractivity contribution in [3.63, 3.8) is 0 Å². The zero-order valence-electron chi connectivity index (χ0n) is 14.1. The lowest BCUT2D eigenvalue weighted by molar-refractivity contribution is -0.139. The molecule has 0 radical (unpaired) electrons. The Morgan fingerprint density at radius 1 is 1.31 bits per heavy atom. The minimum absolute atomic E-state index is 0.0230. The maximum Gasteiger partial charge on any atom is 0.340 e. The summed E-state index contributed by atoms with van der Waals surface area (Å²) in [4.78, 5) is 41.0. The van der Waals surface area contributed by atoms with Crippen molar-refractivity contribution in [1.82, 2.24) is 9.97 Å². The molecule has 0 aliphatic carbocycles. The molecule has 4 N–H and O–H groups in total. The Labute approximate surface area is 147 Å². The normalized spacial score (nSPS) is 15.8. The Morgan fingerprint density at radius 2 is 2.08 bits per heavy atom. The van der Waals surface area contributed by atoms with Crippen LogP contribution in [-0.4, -0.2) is 29.7 Å². The first-order chi connectivity index (χ1) is 12.5. The topological polar surface area (TPSA) is 136 Å². The zero-order valence-corrected chi connectivity index (χ0v) is 14.1. The molecule has 2 heterocycles. The molecular weight excluding hydrogens is 342 g/mol. The van der Waals surface area contributed by atoms with Crippen molar-refractivity contribution in [2.75, 3.05) is 13.7 Å². The summed E-state index contributed by atoms with van der Waals surface area (Å²) >= 11 is 0.